The van der Waals surface area contributed by atoms with Crippen molar-refractivity contribution in [3.8, 4) is 5.75 Å². The van der Waals surface area contributed by atoms with Crippen LogP contribution in [-0.4, -0.2) is 11.0 Å². The molecule has 0 aliphatic heterocycles. The van der Waals surface area contributed by atoms with Gasteiger partial charge in [-0.05, 0) is 68.4 Å². The largest absolute Gasteiger partial charge is 0.433 e. The van der Waals surface area contributed by atoms with Gasteiger partial charge in [0.1, 0.15) is 11.4 Å². The van der Waals surface area contributed by atoms with Gasteiger partial charge in [-0.25, -0.2) is 4.98 Å². The lowest BCUT2D eigenvalue weighted by Gasteiger charge is -2.37. The third-order valence-corrected chi connectivity index (χ3v) is 7.12. The van der Waals surface area contributed by atoms with E-state index in [2.05, 4.69) is 11.9 Å². The number of hydrogen-bond acceptors (Lipinski definition) is 3. The Labute approximate surface area is 177 Å². The van der Waals surface area contributed by atoms with Crippen LogP contribution in [0.4, 0.5) is 13.2 Å². The number of ether oxygens (including phenoxy) is 1. The first-order valence-corrected chi connectivity index (χ1v) is 11.6. The lowest BCUT2D eigenvalue weighted by Crippen LogP contribution is -2.30. The van der Waals surface area contributed by atoms with Crippen molar-refractivity contribution in [2.75, 3.05) is 0 Å². The average molecular weight is 426 g/mol. The molecule has 1 aromatic rings. The first-order valence-electron chi connectivity index (χ1n) is 11.6. The van der Waals surface area contributed by atoms with Gasteiger partial charge in [0, 0.05) is 0 Å². The van der Waals surface area contributed by atoms with Crippen LogP contribution in [0, 0.1) is 23.7 Å². The number of aromatic nitrogens is 1. The normalized spacial score (nSPS) is 27.6. The van der Waals surface area contributed by atoms with Crippen molar-refractivity contribution in [1.29, 1.82) is 0 Å². The molecule has 0 radical (unpaired) electrons. The van der Waals surface area contributed by atoms with E-state index in [1.165, 1.54) is 51.4 Å². The predicted octanol–water partition coefficient (Wildman–Crippen LogP) is 7.20. The Bertz CT molecular complexity index is 658. The van der Waals surface area contributed by atoms with E-state index < -0.39 is 11.9 Å². The highest BCUT2D eigenvalue weighted by Crippen LogP contribution is 2.42. The lowest BCUT2D eigenvalue weighted by atomic mass is 9.68. The van der Waals surface area contributed by atoms with E-state index in [1.807, 2.05) is 0 Å². The first kappa shape index (κ1) is 23.1. The zero-order valence-corrected chi connectivity index (χ0v) is 17.9. The van der Waals surface area contributed by atoms with Crippen LogP contribution >= 0.6 is 0 Å². The van der Waals surface area contributed by atoms with Gasteiger partial charge in [-0.2, -0.15) is 13.2 Å². The number of alkyl halides is 3. The molecule has 0 unspecified atom stereocenters. The molecule has 0 atom stereocenters. The maximum Gasteiger partial charge on any atom is 0.433 e. The summed E-state index contributed by atoms with van der Waals surface area (Å²) in [6.45, 7) is 2.25. The van der Waals surface area contributed by atoms with Gasteiger partial charge in [0.2, 0.25) is 0 Å². The molecule has 6 heteroatoms. The first-order chi connectivity index (χ1) is 14.4. The van der Waals surface area contributed by atoms with Crippen molar-refractivity contribution in [3.05, 3.63) is 24.0 Å². The number of carbonyl (C=O) groups is 1. The fraction of sp³-hybridized carbons (Fsp3) is 0.750. The number of nitrogens with zero attached hydrogens (tertiary/aromatic N) is 1. The van der Waals surface area contributed by atoms with Gasteiger partial charge < -0.3 is 4.74 Å². The van der Waals surface area contributed by atoms with Gasteiger partial charge >= 0.3 is 12.1 Å². The van der Waals surface area contributed by atoms with E-state index in [0.29, 0.717) is 5.92 Å². The molecule has 2 aliphatic rings. The summed E-state index contributed by atoms with van der Waals surface area (Å²) in [5.41, 5.74) is -0.983. The summed E-state index contributed by atoms with van der Waals surface area (Å²) in [5.74, 6) is 2.00. The number of rotatable bonds is 7. The second kappa shape index (κ2) is 10.6. The zero-order valence-electron chi connectivity index (χ0n) is 17.9. The summed E-state index contributed by atoms with van der Waals surface area (Å²) in [6, 6.07) is 2.01. The van der Waals surface area contributed by atoms with Crippen molar-refractivity contribution in [3.63, 3.8) is 0 Å². The molecule has 1 aromatic heterocycles. The summed E-state index contributed by atoms with van der Waals surface area (Å²) >= 11 is 0. The fourth-order valence-corrected chi connectivity index (χ4v) is 5.27. The van der Waals surface area contributed by atoms with Crippen LogP contribution in [0.2, 0.25) is 0 Å². The molecule has 1 heterocycles. The predicted molar refractivity (Wildman–Crippen MR) is 110 cm³/mol. The molecule has 0 amide bonds. The third-order valence-electron chi connectivity index (χ3n) is 7.12. The van der Waals surface area contributed by atoms with Gasteiger partial charge in [0.15, 0.2) is 0 Å². The van der Waals surface area contributed by atoms with E-state index in [1.54, 1.807) is 0 Å². The minimum Gasteiger partial charge on any atom is -0.425 e. The van der Waals surface area contributed by atoms with E-state index >= 15 is 0 Å². The van der Waals surface area contributed by atoms with E-state index in [0.717, 1.165) is 55.8 Å². The highest BCUT2D eigenvalue weighted by Gasteiger charge is 2.34. The number of esters is 1. The molecule has 0 aromatic carbocycles. The molecule has 0 N–H and O–H groups in total. The smallest absolute Gasteiger partial charge is 0.425 e. The van der Waals surface area contributed by atoms with Crippen LogP contribution in [0.1, 0.15) is 89.7 Å². The average Bonchev–Trinajstić information content (AvgIpc) is 2.74. The van der Waals surface area contributed by atoms with Gasteiger partial charge in [-0.1, -0.05) is 45.4 Å². The number of carbonyl (C=O) groups excluding carboxylic acids is 1. The number of unbranched alkanes of at least 4 members (excludes halogenated alkanes) is 2. The maximum absolute atomic E-state index is 12.6. The minimum absolute atomic E-state index is 0.0801. The second-order valence-corrected chi connectivity index (χ2v) is 9.19. The number of halogens is 3. The van der Waals surface area contributed by atoms with Crippen LogP contribution in [0.5, 0.6) is 5.75 Å². The molecule has 0 bridgehead atoms. The molecule has 2 saturated carbocycles. The van der Waals surface area contributed by atoms with Crippen molar-refractivity contribution >= 4 is 5.97 Å². The Morgan fingerprint density at radius 1 is 1.00 bits per heavy atom. The van der Waals surface area contributed by atoms with Crippen molar-refractivity contribution in [1.82, 2.24) is 4.98 Å². The standard InChI is InChI=1S/C24H34F3NO2/c1-2-3-4-5-17-6-8-18(9-7-17)19-10-12-20(13-11-19)23(29)30-21-14-15-22(28-16-21)24(25,26)27/h14-20H,2-13H2,1H3. The quantitative estimate of drug-likeness (QED) is 0.342. The van der Waals surface area contributed by atoms with Crippen molar-refractivity contribution < 1.29 is 22.7 Å². The maximum atomic E-state index is 12.6. The van der Waals surface area contributed by atoms with Crippen LogP contribution in [0.25, 0.3) is 0 Å². The molecule has 168 valence electrons. The van der Waals surface area contributed by atoms with E-state index in [-0.39, 0.29) is 17.6 Å². The Morgan fingerprint density at radius 3 is 2.17 bits per heavy atom. The summed E-state index contributed by atoms with van der Waals surface area (Å²) in [6.07, 6.45) is 11.0. The highest BCUT2D eigenvalue weighted by molar-refractivity contribution is 5.75. The van der Waals surface area contributed by atoms with Crippen LogP contribution in [-0.2, 0) is 11.0 Å². The summed E-state index contributed by atoms with van der Waals surface area (Å²) < 4.78 is 43.0. The van der Waals surface area contributed by atoms with Gasteiger partial charge in [0.25, 0.3) is 0 Å². The SMILES string of the molecule is CCCCCC1CCC(C2CCC(C(=O)Oc3ccc(C(F)(F)F)nc3)CC2)CC1. The summed E-state index contributed by atoms with van der Waals surface area (Å²) in [4.78, 5) is 15.8. The van der Waals surface area contributed by atoms with Gasteiger partial charge in [-0.15, -0.1) is 0 Å². The van der Waals surface area contributed by atoms with Crippen LogP contribution in [0.3, 0.4) is 0 Å². The molecule has 2 aliphatic carbocycles. The highest BCUT2D eigenvalue weighted by atomic mass is 19.4. The van der Waals surface area contributed by atoms with Crippen molar-refractivity contribution in [2.45, 2.75) is 90.1 Å². The van der Waals surface area contributed by atoms with Crippen LogP contribution in [0.15, 0.2) is 18.3 Å². The number of pyridine rings is 1. The zero-order chi connectivity index (χ0) is 21.6. The Kier molecular flexibility index (Phi) is 8.18. The van der Waals surface area contributed by atoms with E-state index in [9.17, 15) is 18.0 Å². The summed E-state index contributed by atoms with van der Waals surface area (Å²) in [5, 5.41) is 0. The molecule has 3 rings (SSSR count). The minimum atomic E-state index is -4.49. The Hall–Kier alpha value is -1.59. The molecule has 2 fully saturated rings. The van der Waals surface area contributed by atoms with E-state index in [4.69, 9.17) is 4.74 Å². The Morgan fingerprint density at radius 2 is 1.63 bits per heavy atom. The fourth-order valence-electron chi connectivity index (χ4n) is 5.27. The second-order valence-electron chi connectivity index (χ2n) is 9.19. The topological polar surface area (TPSA) is 39.2 Å². The molecule has 0 spiro atoms. The molecule has 0 saturated heterocycles. The molecular weight excluding hydrogens is 391 g/mol. The van der Waals surface area contributed by atoms with Gasteiger partial charge in [0.05, 0.1) is 12.1 Å². The molecular formula is C24H34F3NO2. The molecule has 30 heavy (non-hydrogen) atoms. The van der Waals surface area contributed by atoms with Gasteiger partial charge in [-0.3, -0.25) is 4.79 Å². The lowest BCUT2D eigenvalue weighted by molar-refractivity contribution is -0.141. The van der Waals surface area contributed by atoms with Crippen molar-refractivity contribution in [2.24, 2.45) is 23.7 Å². The Balaban J connectivity index is 1.39. The summed E-state index contributed by atoms with van der Waals surface area (Å²) in [7, 11) is 0. The monoisotopic (exact) mass is 425 g/mol. The third kappa shape index (κ3) is 6.45. The molecule has 3 nitrogen and oxygen atoms in total. The number of hydrogen-bond donors (Lipinski definition) is 0. The van der Waals surface area contributed by atoms with Crippen LogP contribution < -0.4 is 4.74 Å².